The third-order valence-corrected chi connectivity index (χ3v) is 4.84. The van der Waals surface area contributed by atoms with Gasteiger partial charge in [0.05, 0.1) is 18.3 Å². The Kier molecular flexibility index (Phi) is 4.20. The van der Waals surface area contributed by atoms with Gasteiger partial charge in [-0.1, -0.05) is 6.07 Å². The largest absolute Gasteiger partial charge is 0.388 e. The Bertz CT molecular complexity index is 929. The van der Waals surface area contributed by atoms with Crippen molar-refractivity contribution in [1.82, 2.24) is 19.7 Å². The van der Waals surface area contributed by atoms with Crippen molar-refractivity contribution in [2.24, 2.45) is 0 Å². The number of nitrogens with one attached hydrogen (secondary N) is 1. The summed E-state index contributed by atoms with van der Waals surface area (Å²) in [5.74, 6) is 0.587. The predicted molar refractivity (Wildman–Crippen MR) is 101 cm³/mol. The van der Waals surface area contributed by atoms with E-state index in [-0.39, 0.29) is 0 Å². The normalized spacial score (nSPS) is 15.5. The van der Waals surface area contributed by atoms with Crippen LogP contribution in [-0.2, 0) is 6.54 Å². The van der Waals surface area contributed by atoms with E-state index >= 15 is 0 Å². The highest BCUT2D eigenvalue weighted by atomic mass is 16.3. The highest BCUT2D eigenvalue weighted by Crippen LogP contribution is 2.33. The molecule has 0 radical (unpaired) electrons. The van der Waals surface area contributed by atoms with Gasteiger partial charge in [0.2, 0.25) is 5.95 Å². The van der Waals surface area contributed by atoms with Gasteiger partial charge in [0, 0.05) is 29.3 Å². The van der Waals surface area contributed by atoms with Crippen LogP contribution in [0.5, 0.6) is 0 Å². The second-order valence-electron chi connectivity index (χ2n) is 7.24. The number of benzene rings is 1. The van der Waals surface area contributed by atoms with Crippen molar-refractivity contribution in [3.8, 4) is 11.1 Å². The summed E-state index contributed by atoms with van der Waals surface area (Å²) >= 11 is 0. The smallest absolute Gasteiger partial charge is 0.227 e. The topological polar surface area (TPSA) is 75.9 Å². The van der Waals surface area contributed by atoms with Crippen LogP contribution in [0.3, 0.4) is 0 Å². The summed E-state index contributed by atoms with van der Waals surface area (Å²) in [4.78, 5) is 8.66. The zero-order valence-corrected chi connectivity index (χ0v) is 15.1. The zero-order chi connectivity index (χ0) is 18.1. The zero-order valence-electron chi connectivity index (χ0n) is 15.1. The fourth-order valence-corrected chi connectivity index (χ4v) is 3.30. The van der Waals surface area contributed by atoms with Crippen LogP contribution in [0, 0.1) is 13.8 Å². The number of nitrogens with zero attached hydrogens (tertiary/aromatic N) is 4. The number of hydrogen-bond acceptors (Lipinski definition) is 5. The minimum absolute atomic E-state index is 0.557. The average Bonchev–Trinajstić information content (AvgIpc) is 3.01. The fraction of sp³-hybridized carbons (Fsp3) is 0.350. The molecule has 0 atom stereocenters. The molecule has 0 saturated heterocycles. The number of hydrogen-bond donors (Lipinski definition) is 2. The van der Waals surface area contributed by atoms with Crippen LogP contribution in [-0.4, -0.2) is 30.5 Å². The van der Waals surface area contributed by atoms with Gasteiger partial charge in [0.25, 0.3) is 0 Å². The Morgan fingerprint density at radius 2 is 2.04 bits per heavy atom. The first-order valence-corrected chi connectivity index (χ1v) is 8.93. The summed E-state index contributed by atoms with van der Waals surface area (Å²) in [5.41, 5.74) is 4.53. The van der Waals surface area contributed by atoms with Crippen molar-refractivity contribution < 1.29 is 5.11 Å². The van der Waals surface area contributed by atoms with E-state index in [0.29, 0.717) is 12.5 Å². The van der Waals surface area contributed by atoms with Crippen LogP contribution >= 0.6 is 0 Å². The number of aryl methyl sites for hydroxylation is 2. The fourth-order valence-electron chi connectivity index (χ4n) is 3.30. The van der Waals surface area contributed by atoms with E-state index in [1.54, 1.807) is 6.20 Å². The molecule has 1 aliphatic rings. The lowest BCUT2D eigenvalue weighted by atomic mass is 9.80. The minimum Gasteiger partial charge on any atom is -0.388 e. The molecule has 26 heavy (non-hydrogen) atoms. The summed E-state index contributed by atoms with van der Waals surface area (Å²) in [5, 5.41) is 18.0. The molecular weight excluding hydrogens is 326 g/mol. The van der Waals surface area contributed by atoms with Crippen molar-refractivity contribution in [3.05, 3.63) is 54.1 Å². The Labute approximate surface area is 152 Å². The molecule has 2 heterocycles. The van der Waals surface area contributed by atoms with E-state index in [1.165, 1.54) is 0 Å². The molecule has 6 heteroatoms. The lowest BCUT2D eigenvalue weighted by Gasteiger charge is -2.36. The molecule has 0 spiro atoms. The number of anilines is 2. The highest BCUT2D eigenvalue weighted by Gasteiger charge is 2.34. The Morgan fingerprint density at radius 1 is 1.19 bits per heavy atom. The van der Waals surface area contributed by atoms with Crippen LogP contribution in [0.2, 0.25) is 0 Å². The third kappa shape index (κ3) is 3.60. The SMILES string of the molecule is Cc1cc(Nc2nccc(C)n2)cc(-c2cnn(CC3(O)CCC3)c2)c1. The van der Waals surface area contributed by atoms with Crippen LogP contribution in [0.25, 0.3) is 11.1 Å². The predicted octanol–water partition coefficient (Wildman–Crippen LogP) is 3.62. The molecule has 1 aliphatic carbocycles. The minimum atomic E-state index is -0.578. The molecule has 0 aliphatic heterocycles. The molecular formula is C20H23N5O. The molecule has 2 N–H and O–H groups in total. The maximum Gasteiger partial charge on any atom is 0.227 e. The van der Waals surface area contributed by atoms with Gasteiger partial charge in [-0.2, -0.15) is 5.10 Å². The maximum absolute atomic E-state index is 10.3. The lowest BCUT2D eigenvalue weighted by molar-refractivity contribution is -0.0498. The Balaban J connectivity index is 1.57. The molecule has 1 aromatic carbocycles. The van der Waals surface area contributed by atoms with E-state index < -0.39 is 5.60 Å². The average molecular weight is 349 g/mol. The van der Waals surface area contributed by atoms with Gasteiger partial charge in [-0.25, -0.2) is 9.97 Å². The van der Waals surface area contributed by atoms with Gasteiger partial charge >= 0.3 is 0 Å². The molecule has 0 bridgehead atoms. The van der Waals surface area contributed by atoms with Crippen molar-refractivity contribution in [3.63, 3.8) is 0 Å². The summed E-state index contributed by atoms with van der Waals surface area (Å²) < 4.78 is 1.84. The van der Waals surface area contributed by atoms with E-state index in [0.717, 1.165) is 47.3 Å². The van der Waals surface area contributed by atoms with Crippen LogP contribution in [0.1, 0.15) is 30.5 Å². The summed E-state index contributed by atoms with van der Waals surface area (Å²) in [6.45, 7) is 4.56. The van der Waals surface area contributed by atoms with Gasteiger partial charge in [0.1, 0.15) is 0 Å². The van der Waals surface area contributed by atoms with Crippen molar-refractivity contribution in [2.75, 3.05) is 5.32 Å². The summed E-state index contributed by atoms with van der Waals surface area (Å²) in [6.07, 6.45) is 8.41. The third-order valence-electron chi connectivity index (χ3n) is 4.84. The quantitative estimate of drug-likeness (QED) is 0.736. The molecule has 0 amide bonds. The summed E-state index contributed by atoms with van der Waals surface area (Å²) in [7, 11) is 0. The van der Waals surface area contributed by atoms with Gasteiger partial charge in [-0.15, -0.1) is 0 Å². The second-order valence-corrected chi connectivity index (χ2v) is 7.24. The van der Waals surface area contributed by atoms with Crippen molar-refractivity contribution in [1.29, 1.82) is 0 Å². The Hall–Kier alpha value is -2.73. The van der Waals surface area contributed by atoms with Gasteiger partial charge in [-0.05, 0) is 62.4 Å². The summed E-state index contributed by atoms with van der Waals surface area (Å²) in [6, 6.07) is 8.13. The molecule has 134 valence electrons. The van der Waals surface area contributed by atoms with Gasteiger partial charge in [-0.3, -0.25) is 4.68 Å². The van der Waals surface area contributed by atoms with E-state index in [4.69, 9.17) is 0 Å². The maximum atomic E-state index is 10.3. The first kappa shape index (κ1) is 16.7. The number of aromatic nitrogens is 4. The van der Waals surface area contributed by atoms with E-state index in [2.05, 4.69) is 45.5 Å². The monoisotopic (exact) mass is 349 g/mol. The van der Waals surface area contributed by atoms with Crippen LogP contribution in [0.15, 0.2) is 42.9 Å². The Morgan fingerprint density at radius 3 is 2.77 bits per heavy atom. The number of rotatable bonds is 5. The number of aliphatic hydroxyl groups is 1. The highest BCUT2D eigenvalue weighted by molar-refractivity contribution is 5.70. The lowest BCUT2D eigenvalue weighted by Crippen LogP contribution is -2.41. The molecule has 6 nitrogen and oxygen atoms in total. The van der Waals surface area contributed by atoms with Crippen LogP contribution in [0.4, 0.5) is 11.6 Å². The van der Waals surface area contributed by atoms with Gasteiger partial charge in [0.15, 0.2) is 0 Å². The molecule has 1 saturated carbocycles. The van der Waals surface area contributed by atoms with Crippen molar-refractivity contribution in [2.45, 2.75) is 45.3 Å². The second kappa shape index (κ2) is 6.53. The first-order valence-electron chi connectivity index (χ1n) is 8.93. The van der Waals surface area contributed by atoms with Gasteiger partial charge < -0.3 is 10.4 Å². The van der Waals surface area contributed by atoms with E-state index in [1.807, 2.05) is 30.1 Å². The first-order chi connectivity index (χ1) is 12.5. The van der Waals surface area contributed by atoms with E-state index in [9.17, 15) is 5.11 Å². The molecule has 4 rings (SSSR count). The molecule has 1 fully saturated rings. The molecule has 2 aromatic heterocycles. The van der Waals surface area contributed by atoms with Crippen LogP contribution < -0.4 is 5.32 Å². The van der Waals surface area contributed by atoms with Crippen molar-refractivity contribution >= 4 is 11.6 Å². The standard InChI is InChI=1S/C20H23N5O/c1-14-8-16(10-18(9-14)24-19-21-7-4-15(2)23-19)17-11-22-25(12-17)13-20(26)5-3-6-20/h4,7-12,26H,3,5-6,13H2,1-2H3,(H,21,23,24). The molecule has 0 unspecified atom stereocenters. The molecule has 3 aromatic rings.